The van der Waals surface area contributed by atoms with Gasteiger partial charge in [-0.1, -0.05) is 41.4 Å². The molecule has 1 nitrogen and oxygen atoms in total. The van der Waals surface area contributed by atoms with Crippen LogP contribution >= 0.6 is 0 Å². The molecule has 0 aliphatic heterocycles. The lowest BCUT2D eigenvalue weighted by Gasteiger charge is -1.98. The van der Waals surface area contributed by atoms with Gasteiger partial charge in [0.25, 0.3) is 0 Å². The standard InChI is InChI=1S/C24H17FO/c1-18-3-5-19(6-4-18)7-8-21-10-14-22(24(25)17-21)13-9-20-11-15-23(26-2)16-12-20/h3-6,10-12,14-17H,1-2H3. The van der Waals surface area contributed by atoms with Gasteiger partial charge in [-0.25, -0.2) is 4.39 Å². The zero-order valence-corrected chi connectivity index (χ0v) is 14.6. The number of benzene rings is 3. The molecule has 0 fully saturated rings. The molecular weight excluding hydrogens is 323 g/mol. The maximum Gasteiger partial charge on any atom is 0.140 e. The zero-order chi connectivity index (χ0) is 18.4. The summed E-state index contributed by atoms with van der Waals surface area (Å²) in [4.78, 5) is 0. The topological polar surface area (TPSA) is 9.23 Å². The first kappa shape index (κ1) is 17.3. The van der Waals surface area contributed by atoms with Gasteiger partial charge in [-0.15, -0.1) is 0 Å². The highest BCUT2D eigenvalue weighted by Gasteiger charge is 2.00. The van der Waals surface area contributed by atoms with E-state index in [-0.39, 0.29) is 5.82 Å². The molecule has 0 saturated carbocycles. The van der Waals surface area contributed by atoms with E-state index in [2.05, 4.69) is 23.7 Å². The quantitative estimate of drug-likeness (QED) is 0.570. The third kappa shape index (κ3) is 4.53. The molecule has 0 heterocycles. The van der Waals surface area contributed by atoms with Crippen LogP contribution in [0, 0.1) is 36.4 Å². The smallest absolute Gasteiger partial charge is 0.140 e. The summed E-state index contributed by atoms with van der Waals surface area (Å²) in [6.07, 6.45) is 0. The second-order valence-electron chi connectivity index (χ2n) is 5.79. The van der Waals surface area contributed by atoms with Gasteiger partial charge in [0, 0.05) is 16.7 Å². The number of hydrogen-bond donors (Lipinski definition) is 0. The molecule has 0 spiro atoms. The predicted molar refractivity (Wildman–Crippen MR) is 103 cm³/mol. The van der Waals surface area contributed by atoms with Gasteiger partial charge in [0.05, 0.1) is 12.7 Å². The minimum atomic E-state index is -0.373. The lowest BCUT2D eigenvalue weighted by atomic mass is 10.1. The van der Waals surface area contributed by atoms with E-state index in [1.807, 2.05) is 55.5 Å². The van der Waals surface area contributed by atoms with Crippen LogP contribution < -0.4 is 4.74 Å². The van der Waals surface area contributed by atoms with E-state index in [9.17, 15) is 4.39 Å². The van der Waals surface area contributed by atoms with Gasteiger partial charge < -0.3 is 4.74 Å². The third-order valence-corrected chi connectivity index (χ3v) is 3.80. The van der Waals surface area contributed by atoms with Crippen molar-refractivity contribution in [3.63, 3.8) is 0 Å². The summed E-state index contributed by atoms with van der Waals surface area (Å²) in [6.45, 7) is 2.03. The fraction of sp³-hybridized carbons (Fsp3) is 0.0833. The summed E-state index contributed by atoms with van der Waals surface area (Å²) in [7, 11) is 1.61. The van der Waals surface area contributed by atoms with Crippen molar-refractivity contribution < 1.29 is 9.13 Å². The van der Waals surface area contributed by atoms with Gasteiger partial charge in [-0.05, 0) is 61.5 Å². The lowest BCUT2D eigenvalue weighted by molar-refractivity contribution is 0.415. The highest BCUT2D eigenvalue weighted by atomic mass is 19.1. The molecular formula is C24H17FO. The Hall–Kier alpha value is -3.49. The van der Waals surface area contributed by atoms with E-state index in [0.29, 0.717) is 11.1 Å². The van der Waals surface area contributed by atoms with Gasteiger partial charge >= 0.3 is 0 Å². The maximum atomic E-state index is 14.3. The van der Waals surface area contributed by atoms with Crippen LogP contribution in [0.25, 0.3) is 0 Å². The molecule has 0 aromatic heterocycles. The highest BCUT2D eigenvalue weighted by molar-refractivity contribution is 5.49. The number of rotatable bonds is 1. The summed E-state index contributed by atoms with van der Waals surface area (Å²) >= 11 is 0. The highest BCUT2D eigenvalue weighted by Crippen LogP contribution is 2.12. The van der Waals surface area contributed by atoms with Crippen LogP contribution in [0.3, 0.4) is 0 Å². The number of methoxy groups -OCH3 is 1. The molecule has 26 heavy (non-hydrogen) atoms. The SMILES string of the molecule is COc1ccc(C#Cc2ccc(C#Cc3ccc(C)cc3)cc2F)cc1. The fourth-order valence-electron chi connectivity index (χ4n) is 2.29. The fourth-order valence-corrected chi connectivity index (χ4v) is 2.29. The van der Waals surface area contributed by atoms with Crippen molar-refractivity contribution in [2.24, 2.45) is 0 Å². The van der Waals surface area contributed by atoms with Crippen molar-refractivity contribution in [1.29, 1.82) is 0 Å². The summed E-state index contributed by atoms with van der Waals surface area (Å²) < 4.78 is 19.4. The van der Waals surface area contributed by atoms with Crippen molar-refractivity contribution in [3.8, 4) is 29.4 Å². The van der Waals surface area contributed by atoms with E-state index in [4.69, 9.17) is 4.74 Å². The van der Waals surface area contributed by atoms with Crippen molar-refractivity contribution in [2.45, 2.75) is 6.92 Å². The molecule has 3 aromatic carbocycles. The first-order valence-corrected chi connectivity index (χ1v) is 8.18. The summed E-state index contributed by atoms with van der Waals surface area (Å²) in [5, 5.41) is 0. The van der Waals surface area contributed by atoms with Crippen LogP contribution in [-0.2, 0) is 0 Å². The molecule has 3 aromatic rings. The Morgan fingerprint density at radius 3 is 1.85 bits per heavy atom. The van der Waals surface area contributed by atoms with E-state index < -0.39 is 0 Å². The lowest BCUT2D eigenvalue weighted by Crippen LogP contribution is -1.86. The van der Waals surface area contributed by atoms with E-state index >= 15 is 0 Å². The molecule has 0 unspecified atom stereocenters. The number of ether oxygens (including phenoxy) is 1. The van der Waals surface area contributed by atoms with Crippen molar-refractivity contribution in [3.05, 3.63) is 100 Å². The zero-order valence-electron chi connectivity index (χ0n) is 14.6. The Labute approximate surface area is 153 Å². The molecule has 0 amide bonds. The molecule has 0 atom stereocenters. The monoisotopic (exact) mass is 340 g/mol. The van der Waals surface area contributed by atoms with Crippen molar-refractivity contribution in [2.75, 3.05) is 7.11 Å². The van der Waals surface area contributed by atoms with Crippen LogP contribution in [0.5, 0.6) is 5.75 Å². The van der Waals surface area contributed by atoms with E-state index in [0.717, 1.165) is 16.9 Å². The van der Waals surface area contributed by atoms with Gasteiger partial charge in [0.1, 0.15) is 11.6 Å². The normalized spacial score (nSPS) is 9.50. The van der Waals surface area contributed by atoms with Crippen molar-refractivity contribution in [1.82, 2.24) is 0 Å². The van der Waals surface area contributed by atoms with Crippen LogP contribution in [-0.4, -0.2) is 7.11 Å². The number of hydrogen-bond acceptors (Lipinski definition) is 1. The molecule has 0 bridgehead atoms. The van der Waals surface area contributed by atoms with Gasteiger partial charge in [-0.3, -0.25) is 0 Å². The molecule has 0 aliphatic carbocycles. The second kappa shape index (κ2) is 8.06. The van der Waals surface area contributed by atoms with E-state index in [1.165, 1.54) is 11.6 Å². The van der Waals surface area contributed by atoms with Crippen LogP contribution in [0.4, 0.5) is 4.39 Å². The Morgan fingerprint density at radius 1 is 0.692 bits per heavy atom. The molecule has 3 rings (SSSR count). The van der Waals surface area contributed by atoms with Crippen molar-refractivity contribution >= 4 is 0 Å². The Kier molecular flexibility index (Phi) is 5.37. The Balaban J connectivity index is 1.78. The summed E-state index contributed by atoms with van der Waals surface area (Å²) in [5.74, 6) is 12.2. The maximum absolute atomic E-state index is 14.3. The first-order chi connectivity index (χ1) is 12.6. The Bertz CT molecular complexity index is 1020. The number of aryl methyl sites for hydroxylation is 1. The first-order valence-electron chi connectivity index (χ1n) is 8.18. The van der Waals surface area contributed by atoms with E-state index in [1.54, 1.807) is 19.2 Å². The average molecular weight is 340 g/mol. The van der Waals surface area contributed by atoms with Gasteiger partial charge in [-0.2, -0.15) is 0 Å². The molecule has 0 aliphatic rings. The second-order valence-corrected chi connectivity index (χ2v) is 5.79. The minimum absolute atomic E-state index is 0.349. The van der Waals surface area contributed by atoms with Crippen LogP contribution in [0.2, 0.25) is 0 Å². The molecule has 0 N–H and O–H groups in total. The largest absolute Gasteiger partial charge is 0.497 e. The van der Waals surface area contributed by atoms with Gasteiger partial charge in [0.2, 0.25) is 0 Å². The predicted octanol–water partition coefficient (Wildman–Crippen LogP) is 4.94. The summed E-state index contributed by atoms with van der Waals surface area (Å²) in [6, 6.07) is 20.1. The van der Waals surface area contributed by atoms with Gasteiger partial charge in [0.15, 0.2) is 0 Å². The minimum Gasteiger partial charge on any atom is -0.497 e. The van der Waals surface area contributed by atoms with Crippen LogP contribution in [0.1, 0.15) is 27.8 Å². The third-order valence-electron chi connectivity index (χ3n) is 3.80. The Morgan fingerprint density at radius 2 is 1.23 bits per heavy atom. The summed E-state index contributed by atoms with van der Waals surface area (Å²) in [5.41, 5.74) is 3.86. The molecule has 2 heteroatoms. The molecule has 0 radical (unpaired) electrons. The molecule has 126 valence electrons. The number of halogens is 1. The average Bonchev–Trinajstić information content (AvgIpc) is 2.67. The molecule has 0 saturated heterocycles. The van der Waals surface area contributed by atoms with Crippen LogP contribution in [0.15, 0.2) is 66.7 Å².